The molecular weight excluding hydrogens is 231 g/mol. The number of nitro groups is 1. The quantitative estimate of drug-likeness (QED) is 0.333. The van der Waals surface area contributed by atoms with Crippen LogP contribution in [0.1, 0.15) is 30.3 Å². The Morgan fingerprint density at radius 1 is 1.56 bits per heavy atom. The molecule has 0 heterocycles. The van der Waals surface area contributed by atoms with Gasteiger partial charge in [0.2, 0.25) is 6.54 Å². The van der Waals surface area contributed by atoms with E-state index >= 15 is 0 Å². The molecule has 1 rings (SSSR count). The van der Waals surface area contributed by atoms with Crippen molar-refractivity contribution in [2.45, 2.75) is 31.7 Å². The van der Waals surface area contributed by atoms with Crippen molar-refractivity contribution in [1.82, 2.24) is 0 Å². The summed E-state index contributed by atoms with van der Waals surface area (Å²) >= 11 is 0. The number of rotatable bonds is 6. The van der Waals surface area contributed by atoms with Gasteiger partial charge >= 0.3 is 0 Å². The second-order valence-electron chi connectivity index (χ2n) is 4.72. The third-order valence-corrected chi connectivity index (χ3v) is 3.02. The van der Waals surface area contributed by atoms with Crippen LogP contribution in [0.4, 0.5) is 5.69 Å². The lowest BCUT2D eigenvalue weighted by molar-refractivity contribution is -0.480. The molecule has 0 spiro atoms. The van der Waals surface area contributed by atoms with Crippen LogP contribution in [0, 0.1) is 10.1 Å². The fourth-order valence-electron chi connectivity index (χ4n) is 1.97. The molecule has 5 nitrogen and oxygen atoms in total. The van der Waals surface area contributed by atoms with E-state index in [4.69, 9.17) is 5.73 Å². The summed E-state index contributed by atoms with van der Waals surface area (Å²) in [6.07, 6.45) is 0.948. The summed E-state index contributed by atoms with van der Waals surface area (Å²) in [7, 11) is 1.80. The maximum absolute atomic E-state index is 10.5. The van der Waals surface area contributed by atoms with Crippen molar-refractivity contribution in [1.29, 1.82) is 0 Å². The van der Waals surface area contributed by atoms with E-state index in [0.717, 1.165) is 11.1 Å². The number of nitrogen functional groups attached to an aromatic ring is 1. The largest absolute Gasteiger partial charge is 0.398 e. The molecule has 0 fully saturated rings. The molecule has 0 saturated heterocycles. The van der Waals surface area contributed by atoms with Crippen LogP contribution >= 0.6 is 0 Å². The van der Waals surface area contributed by atoms with E-state index in [1.807, 2.05) is 18.2 Å². The molecule has 0 amide bonds. The van der Waals surface area contributed by atoms with Gasteiger partial charge in [0.05, 0.1) is 6.10 Å². The maximum atomic E-state index is 10.5. The molecule has 0 aliphatic carbocycles. The number of aliphatic hydroxyl groups is 1. The molecule has 0 aliphatic rings. The minimum atomic E-state index is -0.371. The Hall–Kier alpha value is -1.56. The van der Waals surface area contributed by atoms with Crippen LogP contribution in [0.3, 0.4) is 0 Å². The third-order valence-electron chi connectivity index (χ3n) is 3.02. The number of benzene rings is 1. The van der Waals surface area contributed by atoms with Crippen molar-refractivity contribution in [3.63, 3.8) is 0 Å². The minimum Gasteiger partial charge on any atom is -0.398 e. The van der Waals surface area contributed by atoms with Crippen LogP contribution in [0.2, 0.25) is 0 Å². The lowest BCUT2D eigenvalue weighted by atomic mass is 9.79. The molecule has 1 aromatic carbocycles. The molecule has 0 aliphatic heterocycles. The van der Waals surface area contributed by atoms with Gasteiger partial charge in [-0.2, -0.15) is 0 Å². The van der Waals surface area contributed by atoms with Crippen molar-refractivity contribution >= 4 is 13.5 Å². The van der Waals surface area contributed by atoms with Gasteiger partial charge in [-0.3, -0.25) is 10.1 Å². The smallest absolute Gasteiger partial charge is 0.203 e. The second kappa shape index (κ2) is 6.40. The molecule has 2 atom stereocenters. The van der Waals surface area contributed by atoms with Gasteiger partial charge in [-0.05, 0) is 30.9 Å². The van der Waals surface area contributed by atoms with E-state index in [9.17, 15) is 15.2 Å². The first kappa shape index (κ1) is 14.5. The standard InChI is InChI=1S/C12H19BN2O3/c1-8(16)5-6-9-3-2-4-10(12(9)14)11(13)7-15(17)18/h2-4,8,11,16H,5-7,13-14H2,1H3. The molecule has 98 valence electrons. The lowest BCUT2D eigenvalue weighted by Crippen LogP contribution is -2.15. The second-order valence-corrected chi connectivity index (χ2v) is 4.72. The molecule has 0 aromatic heterocycles. The molecular formula is C12H19BN2O3. The average molecular weight is 250 g/mol. The molecule has 0 saturated carbocycles. The number of hydrogen-bond donors (Lipinski definition) is 2. The zero-order chi connectivity index (χ0) is 13.7. The topological polar surface area (TPSA) is 89.4 Å². The highest BCUT2D eigenvalue weighted by atomic mass is 16.6. The van der Waals surface area contributed by atoms with E-state index in [2.05, 4.69) is 0 Å². The molecule has 3 N–H and O–H groups in total. The lowest BCUT2D eigenvalue weighted by Gasteiger charge is -2.14. The predicted octanol–water partition coefficient (Wildman–Crippen LogP) is 0.533. The normalized spacial score (nSPS) is 14.1. The summed E-state index contributed by atoms with van der Waals surface area (Å²) < 4.78 is 0. The molecule has 1 aromatic rings. The summed E-state index contributed by atoms with van der Waals surface area (Å²) in [5, 5.41) is 19.8. The van der Waals surface area contributed by atoms with Crippen LogP contribution < -0.4 is 5.73 Å². The molecule has 0 radical (unpaired) electrons. The monoisotopic (exact) mass is 250 g/mol. The number of para-hydroxylation sites is 1. The zero-order valence-electron chi connectivity index (χ0n) is 10.8. The third kappa shape index (κ3) is 4.03. The minimum absolute atomic E-state index is 0.121. The summed E-state index contributed by atoms with van der Waals surface area (Å²) in [6.45, 7) is 1.61. The Kier molecular flexibility index (Phi) is 5.16. The van der Waals surface area contributed by atoms with Gasteiger partial charge in [-0.1, -0.05) is 18.2 Å². The first-order chi connectivity index (χ1) is 8.41. The number of aliphatic hydroxyl groups excluding tert-OH is 1. The van der Waals surface area contributed by atoms with Crippen molar-refractivity contribution in [3.05, 3.63) is 39.4 Å². The van der Waals surface area contributed by atoms with E-state index in [-0.39, 0.29) is 23.4 Å². The Labute approximate surface area is 108 Å². The highest BCUT2D eigenvalue weighted by Gasteiger charge is 2.16. The first-order valence-electron chi connectivity index (χ1n) is 6.09. The summed E-state index contributed by atoms with van der Waals surface area (Å²) in [5.74, 6) is -0.202. The van der Waals surface area contributed by atoms with E-state index < -0.39 is 0 Å². The number of anilines is 1. The van der Waals surface area contributed by atoms with E-state index in [1.54, 1.807) is 14.8 Å². The summed E-state index contributed by atoms with van der Waals surface area (Å²) in [5.41, 5.74) is 8.42. The van der Waals surface area contributed by atoms with Crippen LogP contribution in [0.25, 0.3) is 0 Å². The summed E-state index contributed by atoms with van der Waals surface area (Å²) in [4.78, 5) is 10.2. The fourth-order valence-corrected chi connectivity index (χ4v) is 1.97. The van der Waals surface area contributed by atoms with Gasteiger partial charge in [0.1, 0.15) is 7.85 Å². The number of nitrogens with two attached hydrogens (primary N) is 1. The van der Waals surface area contributed by atoms with Crippen LogP contribution in [0.15, 0.2) is 18.2 Å². The highest BCUT2D eigenvalue weighted by Crippen LogP contribution is 2.25. The van der Waals surface area contributed by atoms with Gasteiger partial charge in [-0.15, -0.1) is 0 Å². The SMILES string of the molecule is BC(C[N+](=O)[O-])c1cccc(CCC(C)O)c1N. The van der Waals surface area contributed by atoms with E-state index in [1.165, 1.54) is 0 Å². The van der Waals surface area contributed by atoms with Crippen LogP contribution in [0.5, 0.6) is 0 Å². The predicted molar refractivity (Wildman–Crippen MR) is 74.0 cm³/mol. The number of nitrogens with zero attached hydrogens (tertiary/aromatic N) is 1. The molecule has 18 heavy (non-hydrogen) atoms. The highest BCUT2D eigenvalue weighted by molar-refractivity contribution is 6.13. The average Bonchev–Trinajstić information content (AvgIpc) is 2.26. The molecule has 6 heteroatoms. The van der Waals surface area contributed by atoms with Crippen LogP contribution in [-0.2, 0) is 6.42 Å². The van der Waals surface area contributed by atoms with E-state index in [0.29, 0.717) is 18.5 Å². The zero-order valence-corrected chi connectivity index (χ0v) is 10.8. The number of aryl methyl sites for hydroxylation is 1. The van der Waals surface area contributed by atoms with Crippen molar-refractivity contribution < 1.29 is 10.0 Å². The van der Waals surface area contributed by atoms with Gasteiger partial charge in [-0.25, -0.2) is 0 Å². The number of hydrogen-bond acceptors (Lipinski definition) is 4. The van der Waals surface area contributed by atoms with Crippen molar-refractivity contribution in [2.24, 2.45) is 0 Å². The Balaban J connectivity index is 2.87. The first-order valence-corrected chi connectivity index (χ1v) is 6.09. The van der Waals surface area contributed by atoms with Gasteiger partial charge in [0, 0.05) is 16.4 Å². The van der Waals surface area contributed by atoms with Crippen molar-refractivity contribution in [2.75, 3.05) is 12.3 Å². The summed E-state index contributed by atoms with van der Waals surface area (Å²) in [6, 6.07) is 5.59. The fraction of sp³-hybridized carbons (Fsp3) is 0.500. The Morgan fingerprint density at radius 2 is 2.22 bits per heavy atom. The molecule has 2 unspecified atom stereocenters. The van der Waals surface area contributed by atoms with Crippen molar-refractivity contribution in [3.8, 4) is 0 Å². The van der Waals surface area contributed by atoms with Gasteiger partial charge < -0.3 is 10.8 Å². The van der Waals surface area contributed by atoms with Crippen LogP contribution in [-0.4, -0.2) is 30.5 Å². The van der Waals surface area contributed by atoms with Gasteiger partial charge in [0.25, 0.3) is 0 Å². The maximum Gasteiger partial charge on any atom is 0.203 e. The van der Waals surface area contributed by atoms with Gasteiger partial charge in [0.15, 0.2) is 0 Å². The molecule has 0 bridgehead atoms. The Morgan fingerprint density at radius 3 is 2.78 bits per heavy atom. The Bertz CT molecular complexity index is 424.